The first kappa shape index (κ1) is 17.0. The largest absolute Gasteiger partial charge is 0.393 e. The molecule has 1 heterocycles. The molecule has 0 aliphatic rings. The molecular weight excluding hydrogens is 292 g/mol. The highest BCUT2D eigenvalue weighted by Gasteiger charge is 2.03. The molecule has 0 spiro atoms. The number of rotatable bonds is 7. The second-order valence-electron chi connectivity index (χ2n) is 5.67. The molecule has 2 rings (SSSR count). The summed E-state index contributed by atoms with van der Waals surface area (Å²) in [6, 6.07) is 7.90. The molecule has 6 nitrogen and oxygen atoms in total. The van der Waals surface area contributed by atoms with Crippen molar-refractivity contribution in [3.63, 3.8) is 0 Å². The van der Waals surface area contributed by atoms with Gasteiger partial charge in [0.25, 0.3) is 0 Å². The normalized spacial score (nSPS) is 12.0. The molecule has 1 unspecified atom stereocenters. The lowest BCUT2D eigenvalue weighted by Crippen LogP contribution is -2.36. The monoisotopic (exact) mass is 316 g/mol. The number of amides is 2. The maximum absolute atomic E-state index is 11.7. The number of aryl methyl sites for hydroxylation is 1. The van der Waals surface area contributed by atoms with E-state index >= 15 is 0 Å². The van der Waals surface area contributed by atoms with E-state index in [1.807, 2.05) is 25.3 Å². The number of carbonyl (C=O) groups excluding carboxylic acids is 1. The molecule has 2 amide bonds. The summed E-state index contributed by atoms with van der Waals surface area (Å²) < 4.78 is 2.08. The van der Waals surface area contributed by atoms with Gasteiger partial charge in [-0.1, -0.05) is 24.3 Å². The molecule has 0 radical (unpaired) electrons. The van der Waals surface area contributed by atoms with E-state index in [2.05, 4.69) is 32.3 Å². The lowest BCUT2D eigenvalue weighted by atomic mass is 10.1. The molecule has 1 aromatic heterocycles. The molecule has 1 aromatic carbocycles. The van der Waals surface area contributed by atoms with Crippen molar-refractivity contribution in [2.24, 2.45) is 0 Å². The second kappa shape index (κ2) is 8.33. The van der Waals surface area contributed by atoms with E-state index in [9.17, 15) is 4.79 Å². The fraction of sp³-hybridized carbons (Fsp3) is 0.412. The van der Waals surface area contributed by atoms with Crippen LogP contribution in [0.25, 0.3) is 0 Å². The minimum Gasteiger partial charge on any atom is -0.393 e. The summed E-state index contributed by atoms with van der Waals surface area (Å²) in [6.45, 7) is 5.37. The number of aliphatic hydroxyl groups is 1. The quantitative estimate of drug-likeness (QED) is 0.729. The molecule has 2 aromatic rings. The molecule has 0 saturated carbocycles. The molecular formula is C17H24N4O2. The third-order valence-corrected chi connectivity index (χ3v) is 3.57. The lowest BCUT2D eigenvalue weighted by Gasteiger charge is -2.10. The maximum atomic E-state index is 11.7. The van der Waals surface area contributed by atoms with Crippen LogP contribution in [0.5, 0.6) is 0 Å². The number of aromatic nitrogens is 2. The van der Waals surface area contributed by atoms with Crippen LogP contribution < -0.4 is 10.6 Å². The van der Waals surface area contributed by atoms with E-state index in [0.717, 1.165) is 17.9 Å². The van der Waals surface area contributed by atoms with Gasteiger partial charge in [0.15, 0.2) is 0 Å². The average Bonchev–Trinajstić information content (AvgIpc) is 2.90. The van der Waals surface area contributed by atoms with E-state index in [1.165, 1.54) is 5.56 Å². The predicted molar refractivity (Wildman–Crippen MR) is 89.0 cm³/mol. The SMILES string of the molecule is Cc1nccn1Cc1cccc(CNC(=O)NCCC(C)O)c1. The van der Waals surface area contributed by atoms with Crippen LogP contribution in [0.1, 0.15) is 30.3 Å². The number of nitrogens with one attached hydrogen (secondary N) is 2. The summed E-state index contributed by atoms with van der Waals surface area (Å²) in [5.74, 6) is 0.978. The number of imidazole rings is 1. The molecule has 6 heteroatoms. The molecule has 0 saturated heterocycles. The Bertz CT molecular complexity index is 637. The van der Waals surface area contributed by atoms with Crippen LogP contribution in [0.3, 0.4) is 0 Å². The van der Waals surface area contributed by atoms with Gasteiger partial charge in [0.2, 0.25) is 0 Å². The number of urea groups is 1. The van der Waals surface area contributed by atoms with Crippen molar-refractivity contribution >= 4 is 6.03 Å². The van der Waals surface area contributed by atoms with Crippen molar-refractivity contribution in [2.75, 3.05) is 6.54 Å². The third-order valence-electron chi connectivity index (χ3n) is 3.57. The van der Waals surface area contributed by atoms with Gasteiger partial charge in [-0.2, -0.15) is 0 Å². The smallest absolute Gasteiger partial charge is 0.315 e. The van der Waals surface area contributed by atoms with E-state index in [1.54, 1.807) is 13.1 Å². The Hall–Kier alpha value is -2.34. The zero-order chi connectivity index (χ0) is 16.7. The van der Waals surface area contributed by atoms with E-state index in [4.69, 9.17) is 5.11 Å². The summed E-state index contributed by atoms with van der Waals surface area (Å²) in [5.41, 5.74) is 2.21. The van der Waals surface area contributed by atoms with Crippen LogP contribution in [0, 0.1) is 6.92 Å². The summed E-state index contributed by atoms with van der Waals surface area (Å²) in [5, 5.41) is 14.7. The van der Waals surface area contributed by atoms with Crippen molar-refractivity contribution in [2.45, 2.75) is 39.5 Å². The van der Waals surface area contributed by atoms with Gasteiger partial charge in [-0.05, 0) is 31.4 Å². The van der Waals surface area contributed by atoms with Gasteiger partial charge in [-0.25, -0.2) is 9.78 Å². The number of carbonyl (C=O) groups is 1. The predicted octanol–water partition coefficient (Wildman–Crippen LogP) is 1.81. The number of hydrogen-bond acceptors (Lipinski definition) is 3. The molecule has 3 N–H and O–H groups in total. The molecule has 0 aliphatic carbocycles. The Labute approximate surface area is 136 Å². The minimum absolute atomic E-state index is 0.221. The second-order valence-corrected chi connectivity index (χ2v) is 5.67. The highest BCUT2D eigenvalue weighted by Crippen LogP contribution is 2.08. The standard InChI is InChI=1S/C17H24N4O2/c1-13(22)6-7-19-17(23)20-11-15-4-3-5-16(10-15)12-21-9-8-18-14(21)2/h3-5,8-10,13,22H,6-7,11-12H2,1-2H3,(H2,19,20,23). The Morgan fingerprint density at radius 3 is 2.83 bits per heavy atom. The van der Waals surface area contributed by atoms with Gasteiger partial charge in [0.1, 0.15) is 5.82 Å². The van der Waals surface area contributed by atoms with Crippen molar-refractivity contribution in [1.82, 2.24) is 20.2 Å². The Morgan fingerprint density at radius 2 is 2.13 bits per heavy atom. The number of aliphatic hydroxyl groups excluding tert-OH is 1. The highest BCUT2D eigenvalue weighted by atomic mass is 16.3. The molecule has 0 aliphatic heterocycles. The fourth-order valence-electron chi connectivity index (χ4n) is 2.24. The van der Waals surface area contributed by atoms with Gasteiger partial charge < -0.3 is 20.3 Å². The van der Waals surface area contributed by atoms with Crippen LogP contribution in [-0.4, -0.2) is 33.3 Å². The zero-order valence-corrected chi connectivity index (χ0v) is 13.6. The first-order chi connectivity index (χ1) is 11.0. The molecule has 0 fully saturated rings. The van der Waals surface area contributed by atoms with Gasteiger partial charge >= 0.3 is 6.03 Å². The van der Waals surface area contributed by atoms with Crippen molar-refractivity contribution in [3.05, 3.63) is 53.6 Å². The lowest BCUT2D eigenvalue weighted by molar-refractivity contribution is 0.183. The van der Waals surface area contributed by atoms with Gasteiger partial charge in [-0.15, -0.1) is 0 Å². The van der Waals surface area contributed by atoms with Gasteiger partial charge in [0, 0.05) is 32.0 Å². The van der Waals surface area contributed by atoms with Crippen LogP contribution >= 0.6 is 0 Å². The van der Waals surface area contributed by atoms with Crippen LogP contribution in [0.2, 0.25) is 0 Å². The summed E-state index contributed by atoms with van der Waals surface area (Å²) in [6.07, 6.45) is 3.89. The minimum atomic E-state index is -0.404. The van der Waals surface area contributed by atoms with Gasteiger partial charge in [-0.3, -0.25) is 0 Å². The van der Waals surface area contributed by atoms with E-state index in [-0.39, 0.29) is 6.03 Å². The fourth-order valence-corrected chi connectivity index (χ4v) is 2.24. The molecule has 0 bridgehead atoms. The van der Waals surface area contributed by atoms with Crippen molar-refractivity contribution < 1.29 is 9.90 Å². The maximum Gasteiger partial charge on any atom is 0.315 e. The van der Waals surface area contributed by atoms with E-state index in [0.29, 0.717) is 19.5 Å². The van der Waals surface area contributed by atoms with Crippen molar-refractivity contribution in [1.29, 1.82) is 0 Å². The summed E-state index contributed by atoms with van der Waals surface area (Å²) in [4.78, 5) is 15.9. The Kier molecular flexibility index (Phi) is 6.17. The third kappa shape index (κ3) is 5.75. The Balaban J connectivity index is 1.83. The number of benzene rings is 1. The first-order valence-electron chi connectivity index (χ1n) is 7.80. The van der Waals surface area contributed by atoms with Gasteiger partial charge in [0.05, 0.1) is 6.10 Å². The summed E-state index contributed by atoms with van der Waals surface area (Å²) >= 11 is 0. The number of nitrogens with zero attached hydrogens (tertiary/aromatic N) is 2. The molecule has 23 heavy (non-hydrogen) atoms. The zero-order valence-electron chi connectivity index (χ0n) is 13.6. The number of hydrogen-bond donors (Lipinski definition) is 3. The summed E-state index contributed by atoms with van der Waals surface area (Å²) in [7, 11) is 0. The highest BCUT2D eigenvalue weighted by molar-refractivity contribution is 5.73. The average molecular weight is 316 g/mol. The molecule has 1 atom stereocenters. The first-order valence-corrected chi connectivity index (χ1v) is 7.80. The van der Waals surface area contributed by atoms with E-state index < -0.39 is 6.10 Å². The van der Waals surface area contributed by atoms with Crippen LogP contribution in [0.4, 0.5) is 4.79 Å². The van der Waals surface area contributed by atoms with Crippen LogP contribution in [0.15, 0.2) is 36.7 Å². The molecule has 124 valence electrons. The topological polar surface area (TPSA) is 79.2 Å². The van der Waals surface area contributed by atoms with Crippen molar-refractivity contribution in [3.8, 4) is 0 Å². The van der Waals surface area contributed by atoms with Crippen LogP contribution in [-0.2, 0) is 13.1 Å². The Morgan fingerprint density at radius 1 is 1.35 bits per heavy atom.